The minimum atomic E-state index is -4.29. The average Bonchev–Trinajstić information content (AvgIpc) is 2.28. The summed E-state index contributed by atoms with van der Waals surface area (Å²) in [6.45, 7) is 1.97. The molecule has 1 aromatic carbocycles. The van der Waals surface area contributed by atoms with Crippen LogP contribution < -0.4 is 5.32 Å². The largest absolute Gasteiger partial charge is 0.416 e. The highest BCUT2D eigenvalue weighted by molar-refractivity contribution is 5.46. The second kappa shape index (κ2) is 5.62. The van der Waals surface area contributed by atoms with Crippen LogP contribution in [0.5, 0.6) is 0 Å². The van der Waals surface area contributed by atoms with Crippen molar-refractivity contribution in [2.24, 2.45) is 0 Å². The standard InChI is InChI=1S/C13H14F3N/c1-3-5-11(4-2)17-12-8-6-10(7-9-12)13(14,15)16/h1,6-9,11,17H,4-5H2,2H3. The van der Waals surface area contributed by atoms with E-state index in [1.807, 2.05) is 6.92 Å². The number of halogens is 3. The summed E-state index contributed by atoms with van der Waals surface area (Å²) >= 11 is 0. The van der Waals surface area contributed by atoms with Gasteiger partial charge in [0.2, 0.25) is 0 Å². The molecule has 4 heteroatoms. The average molecular weight is 241 g/mol. The van der Waals surface area contributed by atoms with Gasteiger partial charge in [-0.3, -0.25) is 0 Å². The summed E-state index contributed by atoms with van der Waals surface area (Å²) in [5.74, 6) is 2.53. The zero-order valence-electron chi connectivity index (χ0n) is 9.51. The molecule has 0 saturated carbocycles. The molecule has 0 heterocycles. The molecule has 0 fully saturated rings. The summed E-state index contributed by atoms with van der Waals surface area (Å²) in [4.78, 5) is 0. The molecule has 1 rings (SSSR count). The number of nitrogens with one attached hydrogen (secondary N) is 1. The summed E-state index contributed by atoms with van der Waals surface area (Å²) in [6, 6.07) is 5.05. The monoisotopic (exact) mass is 241 g/mol. The van der Waals surface area contributed by atoms with Crippen molar-refractivity contribution >= 4 is 5.69 Å². The third kappa shape index (κ3) is 4.03. The summed E-state index contributed by atoms with van der Waals surface area (Å²) < 4.78 is 37.0. The van der Waals surface area contributed by atoms with Crippen molar-refractivity contribution < 1.29 is 13.2 Å². The number of hydrogen-bond acceptors (Lipinski definition) is 1. The van der Waals surface area contributed by atoms with Crippen LogP contribution in [0.25, 0.3) is 0 Å². The van der Waals surface area contributed by atoms with Gasteiger partial charge >= 0.3 is 6.18 Å². The molecule has 1 N–H and O–H groups in total. The number of anilines is 1. The first-order chi connectivity index (χ1) is 7.97. The lowest BCUT2D eigenvalue weighted by Gasteiger charge is -2.16. The van der Waals surface area contributed by atoms with E-state index in [0.29, 0.717) is 12.1 Å². The predicted octanol–water partition coefficient (Wildman–Crippen LogP) is 3.92. The fraction of sp³-hybridized carbons (Fsp3) is 0.385. The van der Waals surface area contributed by atoms with Crippen molar-refractivity contribution in [2.75, 3.05) is 5.32 Å². The highest BCUT2D eigenvalue weighted by Gasteiger charge is 2.29. The maximum Gasteiger partial charge on any atom is 0.416 e. The van der Waals surface area contributed by atoms with Gasteiger partial charge in [-0.2, -0.15) is 13.2 Å². The van der Waals surface area contributed by atoms with E-state index in [9.17, 15) is 13.2 Å². The Labute approximate surface area is 99.0 Å². The summed E-state index contributed by atoms with van der Waals surface area (Å²) in [5, 5.41) is 3.10. The molecule has 0 bridgehead atoms. The van der Waals surface area contributed by atoms with Gasteiger partial charge in [0.25, 0.3) is 0 Å². The van der Waals surface area contributed by atoms with E-state index < -0.39 is 11.7 Å². The number of rotatable bonds is 4. The van der Waals surface area contributed by atoms with Crippen LogP contribution in [-0.2, 0) is 6.18 Å². The van der Waals surface area contributed by atoms with Crippen LogP contribution in [0.1, 0.15) is 25.3 Å². The first kappa shape index (κ1) is 13.4. The van der Waals surface area contributed by atoms with Crippen LogP contribution in [0.2, 0.25) is 0 Å². The molecule has 0 aliphatic carbocycles. The van der Waals surface area contributed by atoms with E-state index in [-0.39, 0.29) is 6.04 Å². The second-order valence-corrected chi connectivity index (χ2v) is 3.73. The van der Waals surface area contributed by atoms with Crippen molar-refractivity contribution in [1.82, 2.24) is 0 Å². The van der Waals surface area contributed by atoms with E-state index in [0.717, 1.165) is 18.6 Å². The zero-order valence-corrected chi connectivity index (χ0v) is 9.51. The Morgan fingerprint density at radius 3 is 2.29 bits per heavy atom. The number of alkyl halides is 3. The minimum Gasteiger partial charge on any atom is -0.381 e. The van der Waals surface area contributed by atoms with Crippen LogP contribution in [0.3, 0.4) is 0 Å². The van der Waals surface area contributed by atoms with E-state index in [2.05, 4.69) is 11.2 Å². The van der Waals surface area contributed by atoms with Crippen LogP contribution in [0.15, 0.2) is 24.3 Å². The molecule has 0 saturated heterocycles. The van der Waals surface area contributed by atoms with Crippen LogP contribution in [0.4, 0.5) is 18.9 Å². The molecule has 1 atom stereocenters. The van der Waals surface area contributed by atoms with E-state index >= 15 is 0 Å². The molecule has 17 heavy (non-hydrogen) atoms. The number of hydrogen-bond donors (Lipinski definition) is 1. The summed E-state index contributed by atoms with van der Waals surface area (Å²) in [7, 11) is 0. The predicted molar refractivity (Wildman–Crippen MR) is 62.6 cm³/mol. The molecular formula is C13H14F3N. The fourth-order valence-electron chi connectivity index (χ4n) is 1.43. The first-order valence-corrected chi connectivity index (χ1v) is 5.34. The first-order valence-electron chi connectivity index (χ1n) is 5.34. The highest BCUT2D eigenvalue weighted by atomic mass is 19.4. The van der Waals surface area contributed by atoms with Gasteiger partial charge in [-0.15, -0.1) is 12.3 Å². The van der Waals surface area contributed by atoms with Gasteiger partial charge in [0, 0.05) is 18.2 Å². The molecule has 1 nitrogen and oxygen atoms in total. The number of terminal acetylenes is 1. The smallest absolute Gasteiger partial charge is 0.381 e. The molecule has 0 amide bonds. The van der Waals surface area contributed by atoms with Gasteiger partial charge in [-0.05, 0) is 30.7 Å². The van der Waals surface area contributed by atoms with Crippen molar-refractivity contribution in [3.05, 3.63) is 29.8 Å². The van der Waals surface area contributed by atoms with Gasteiger partial charge in [-0.1, -0.05) is 6.92 Å². The third-order valence-corrected chi connectivity index (χ3v) is 2.44. The van der Waals surface area contributed by atoms with Crippen LogP contribution in [0, 0.1) is 12.3 Å². The lowest BCUT2D eigenvalue weighted by atomic mass is 10.1. The molecule has 0 radical (unpaired) electrons. The van der Waals surface area contributed by atoms with Gasteiger partial charge in [-0.25, -0.2) is 0 Å². The van der Waals surface area contributed by atoms with E-state index in [1.165, 1.54) is 12.1 Å². The Bertz CT molecular complexity index is 387. The molecule has 1 aromatic rings. The Balaban J connectivity index is 2.72. The van der Waals surface area contributed by atoms with Gasteiger partial charge in [0.15, 0.2) is 0 Å². The van der Waals surface area contributed by atoms with Crippen molar-refractivity contribution in [2.45, 2.75) is 32.0 Å². The maximum absolute atomic E-state index is 12.3. The Hall–Kier alpha value is -1.63. The van der Waals surface area contributed by atoms with Crippen molar-refractivity contribution in [3.8, 4) is 12.3 Å². The van der Waals surface area contributed by atoms with Crippen molar-refractivity contribution in [1.29, 1.82) is 0 Å². The zero-order chi connectivity index (χ0) is 12.9. The quantitative estimate of drug-likeness (QED) is 0.788. The summed E-state index contributed by atoms with van der Waals surface area (Å²) in [5.41, 5.74) is 0.00754. The molecule has 1 unspecified atom stereocenters. The van der Waals surface area contributed by atoms with Gasteiger partial charge in [0.05, 0.1) is 5.56 Å². The number of benzene rings is 1. The summed E-state index contributed by atoms with van der Waals surface area (Å²) in [6.07, 6.45) is 2.29. The Morgan fingerprint density at radius 1 is 1.29 bits per heavy atom. The SMILES string of the molecule is C#CCC(CC)Nc1ccc(C(F)(F)F)cc1. The topological polar surface area (TPSA) is 12.0 Å². The molecule has 0 aliphatic heterocycles. The fourth-order valence-corrected chi connectivity index (χ4v) is 1.43. The normalized spacial score (nSPS) is 12.9. The molecular weight excluding hydrogens is 227 g/mol. The maximum atomic E-state index is 12.3. The van der Waals surface area contributed by atoms with Crippen LogP contribution in [-0.4, -0.2) is 6.04 Å². The molecule has 92 valence electrons. The lowest BCUT2D eigenvalue weighted by Crippen LogP contribution is -2.17. The Kier molecular flexibility index (Phi) is 4.45. The molecule has 0 aliphatic rings. The molecule has 0 spiro atoms. The van der Waals surface area contributed by atoms with E-state index in [4.69, 9.17) is 6.42 Å². The van der Waals surface area contributed by atoms with E-state index in [1.54, 1.807) is 0 Å². The second-order valence-electron chi connectivity index (χ2n) is 3.73. The lowest BCUT2D eigenvalue weighted by molar-refractivity contribution is -0.137. The highest BCUT2D eigenvalue weighted by Crippen LogP contribution is 2.29. The van der Waals surface area contributed by atoms with Crippen molar-refractivity contribution in [3.63, 3.8) is 0 Å². The molecule has 0 aromatic heterocycles. The minimum absolute atomic E-state index is 0.0942. The third-order valence-electron chi connectivity index (χ3n) is 2.44. The van der Waals surface area contributed by atoms with Gasteiger partial charge in [0.1, 0.15) is 0 Å². The van der Waals surface area contributed by atoms with Crippen LogP contribution >= 0.6 is 0 Å². The van der Waals surface area contributed by atoms with Gasteiger partial charge < -0.3 is 5.32 Å². The Morgan fingerprint density at radius 2 is 1.88 bits per heavy atom.